The molecule has 0 saturated carbocycles. The summed E-state index contributed by atoms with van der Waals surface area (Å²) >= 11 is 0. The third-order valence-electron chi connectivity index (χ3n) is 5.91. The molecule has 2 aliphatic rings. The monoisotopic (exact) mass is 345 g/mol. The van der Waals surface area contributed by atoms with Crippen molar-refractivity contribution in [3.63, 3.8) is 0 Å². The van der Waals surface area contributed by atoms with Gasteiger partial charge in [-0.15, -0.1) is 0 Å². The van der Waals surface area contributed by atoms with Crippen LogP contribution < -0.4 is 0 Å². The molecule has 132 valence electrons. The van der Waals surface area contributed by atoms with Crippen LogP contribution in [0, 0.1) is 12.8 Å². The number of benzene rings is 1. The lowest BCUT2D eigenvalue weighted by molar-refractivity contribution is -0.136. The van der Waals surface area contributed by atoms with Crippen LogP contribution in [0.3, 0.4) is 0 Å². The lowest BCUT2D eigenvalue weighted by Gasteiger charge is -2.33. The van der Waals surface area contributed by atoms with Crippen molar-refractivity contribution in [1.82, 2.24) is 14.3 Å². The van der Waals surface area contributed by atoms with Gasteiger partial charge < -0.3 is 9.30 Å². The van der Waals surface area contributed by atoms with Crippen LogP contribution in [0.15, 0.2) is 42.6 Å². The van der Waals surface area contributed by atoms with Gasteiger partial charge >= 0.3 is 0 Å². The first-order valence-electron chi connectivity index (χ1n) is 9.51. The van der Waals surface area contributed by atoms with E-state index in [1.54, 1.807) is 0 Å². The van der Waals surface area contributed by atoms with E-state index in [9.17, 15) is 4.79 Å². The molecule has 1 aliphatic heterocycles. The summed E-state index contributed by atoms with van der Waals surface area (Å²) < 4.78 is 2.19. The second kappa shape index (κ2) is 5.97. The molecule has 1 amide bonds. The van der Waals surface area contributed by atoms with Crippen molar-refractivity contribution in [2.75, 3.05) is 6.54 Å². The van der Waals surface area contributed by atoms with E-state index in [4.69, 9.17) is 4.98 Å². The molecule has 0 spiro atoms. The van der Waals surface area contributed by atoms with E-state index in [-0.39, 0.29) is 5.92 Å². The molecule has 1 aromatic carbocycles. The number of fused-ring (bicyclic) bond motifs is 4. The third-order valence-corrected chi connectivity index (χ3v) is 5.91. The van der Waals surface area contributed by atoms with Crippen molar-refractivity contribution in [1.29, 1.82) is 0 Å². The molecular weight excluding hydrogens is 322 g/mol. The highest BCUT2D eigenvalue weighted by molar-refractivity contribution is 5.80. The largest absolute Gasteiger partial charge is 0.338 e. The minimum absolute atomic E-state index is 0.0770. The number of pyridine rings is 1. The summed E-state index contributed by atoms with van der Waals surface area (Å²) in [5.41, 5.74) is 7.31. The second-order valence-corrected chi connectivity index (χ2v) is 7.66. The number of aromatic nitrogens is 2. The Labute approximate surface area is 153 Å². The molecule has 0 fully saturated rings. The lowest BCUT2D eigenvalue weighted by atomic mass is 9.87. The molecule has 4 heteroatoms. The molecular formula is C22H23N3O. The highest BCUT2D eigenvalue weighted by atomic mass is 16.2. The molecule has 5 rings (SSSR count). The zero-order valence-corrected chi connectivity index (χ0v) is 15.1. The van der Waals surface area contributed by atoms with Crippen LogP contribution in [-0.4, -0.2) is 26.7 Å². The lowest BCUT2D eigenvalue weighted by Crippen LogP contribution is -2.41. The fraction of sp³-hybridized carbons (Fsp3) is 0.364. The van der Waals surface area contributed by atoms with Crippen LogP contribution in [-0.2, 0) is 30.6 Å². The molecule has 0 N–H and O–H groups in total. The van der Waals surface area contributed by atoms with Crippen LogP contribution in [0.4, 0.5) is 0 Å². The van der Waals surface area contributed by atoms with Crippen LogP contribution in [0.1, 0.15) is 34.5 Å². The number of hydrogen-bond acceptors (Lipinski definition) is 2. The summed E-state index contributed by atoms with van der Waals surface area (Å²) in [5, 5.41) is 0. The standard InChI is InChI=1S/C22H23N3O/c1-15-6-9-21-23-19-8-7-17(12-20(19)25(21)13-15)22(26)24-11-10-16-4-2-3-5-18(16)14-24/h2-6,9,13,17H,7-8,10-12,14H2,1H3. The van der Waals surface area contributed by atoms with Gasteiger partial charge in [-0.05, 0) is 48.9 Å². The van der Waals surface area contributed by atoms with Crippen molar-refractivity contribution in [2.24, 2.45) is 5.92 Å². The zero-order valence-electron chi connectivity index (χ0n) is 15.1. The molecule has 26 heavy (non-hydrogen) atoms. The molecule has 1 unspecified atom stereocenters. The van der Waals surface area contributed by atoms with Crippen molar-refractivity contribution < 1.29 is 4.79 Å². The summed E-state index contributed by atoms with van der Waals surface area (Å²) in [7, 11) is 0. The number of amides is 1. The van der Waals surface area contributed by atoms with E-state index in [1.807, 2.05) is 0 Å². The van der Waals surface area contributed by atoms with Crippen LogP contribution >= 0.6 is 0 Å². The number of carbonyl (C=O) groups is 1. The Kier molecular flexibility index (Phi) is 3.59. The van der Waals surface area contributed by atoms with E-state index in [1.165, 1.54) is 28.1 Å². The first kappa shape index (κ1) is 15.6. The highest BCUT2D eigenvalue weighted by Crippen LogP contribution is 2.29. The van der Waals surface area contributed by atoms with Crippen molar-refractivity contribution in [3.8, 4) is 0 Å². The maximum atomic E-state index is 13.2. The molecule has 1 aliphatic carbocycles. The van der Waals surface area contributed by atoms with Gasteiger partial charge in [0.25, 0.3) is 0 Å². The van der Waals surface area contributed by atoms with Crippen molar-refractivity contribution in [3.05, 3.63) is 70.7 Å². The van der Waals surface area contributed by atoms with Gasteiger partial charge in [0.05, 0.1) is 5.69 Å². The number of nitrogens with zero attached hydrogens (tertiary/aromatic N) is 3. The molecule has 3 aromatic rings. The fourth-order valence-corrected chi connectivity index (χ4v) is 4.46. The van der Waals surface area contributed by atoms with Crippen molar-refractivity contribution in [2.45, 2.75) is 39.2 Å². The maximum Gasteiger partial charge on any atom is 0.226 e. The summed E-state index contributed by atoms with van der Waals surface area (Å²) in [6.07, 6.45) is 5.72. The Morgan fingerprint density at radius 2 is 1.96 bits per heavy atom. The quantitative estimate of drug-likeness (QED) is 0.678. The van der Waals surface area contributed by atoms with Gasteiger partial charge in [-0.2, -0.15) is 0 Å². The summed E-state index contributed by atoms with van der Waals surface area (Å²) in [6.45, 7) is 3.69. The zero-order chi connectivity index (χ0) is 17.7. The minimum atomic E-state index is 0.0770. The average Bonchev–Trinajstić information content (AvgIpc) is 3.04. The van der Waals surface area contributed by atoms with E-state index in [0.29, 0.717) is 5.91 Å². The van der Waals surface area contributed by atoms with Gasteiger partial charge in [-0.1, -0.05) is 30.3 Å². The average molecular weight is 345 g/mol. The van der Waals surface area contributed by atoms with E-state index in [2.05, 4.69) is 58.8 Å². The van der Waals surface area contributed by atoms with Gasteiger partial charge in [0.2, 0.25) is 5.91 Å². The molecule has 0 bridgehead atoms. The van der Waals surface area contributed by atoms with Gasteiger partial charge in [0, 0.05) is 37.3 Å². The summed E-state index contributed by atoms with van der Waals surface area (Å²) in [6, 6.07) is 12.7. The Balaban J connectivity index is 1.40. The number of hydrogen-bond donors (Lipinski definition) is 0. The second-order valence-electron chi connectivity index (χ2n) is 7.66. The molecule has 2 aromatic heterocycles. The molecule has 1 atom stereocenters. The number of rotatable bonds is 1. The van der Waals surface area contributed by atoms with E-state index in [0.717, 1.165) is 44.4 Å². The predicted molar refractivity (Wildman–Crippen MR) is 101 cm³/mol. The fourth-order valence-electron chi connectivity index (χ4n) is 4.46. The van der Waals surface area contributed by atoms with Crippen LogP contribution in [0.2, 0.25) is 0 Å². The Bertz CT molecular complexity index is 1000. The Morgan fingerprint density at radius 1 is 1.12 bits per heavy atom. The molecule has 0 radical (unpaired) electrons. The Morgan fingerprint density at radius 3 is 2.85 bits per heavy atom. The first-order valence-corrected chi connectivity index (χ1v) is 9.51. The van der Waals surface area contributed by atoms with Gasteiger partial charge in [0.1, 0.15) is 5.65 Å². The first-order chi connectivity index (χ1) is 12.7. The third kappa shape index (κ3) is 2.52. The van der Waals surface area contributed by atoms with Crippen LogP contribution in [0.25, 0.3) is 5.65 Å². The molecule has 3 heterocycles. The Hall–Kier alpha value is -2.62. The van der Waals surface area contributed by atoms with Gasteiger partial charge in [0.15, 0.2) is 0 Å². The SMILES string of the molecule is Cc1ccc2nc3c(n2c1)CC(C(=O)N1CCc2ccccc2C1)CC3. The topological polar surface area (TPSA) is 37.6 Å². The van der Waals surface area contributed by atoms with Crippen molar-refractivity contribution >= 4 is 11.6 Å². The molecule has 0 saturated heterocycles. The summed E-state index contributed by atoms with van der Waals surface area (Å²) in [4.78, 5) is 20.0. The minimum Gasteiger partial charge on any atom is -0.338 e. The number of aryl methyl sites for hydroxylation is 2. The number of imidazole rings is 1. The molecule has 4 nitrogen and oxygen atoms in total. The predicted octanol–water partition coefficient (Wildman–Crippen LogP) is 3.33. The normalized spacial score (nSPS) is 19.3. The summed E-state index contributed by atoms with van der Waals surface area (Å²) in [5.74, 6) is 0.390. The van der Waals surface area contributed by atoms with Gasteiger partial charge in [-0.3, -0.25) is 4.79 Å². The number of carbonyl (C=O) groups excluding carboxylic acids is 1. The highest BCUT2D eigenvalue weighted by Gasteiger charge is 2.32. The van der Waals surface area contributed by atoms with E-state index >= 15 is 0 Å². The maximum absolute atomic E-state index is 13.2. The van der Waals surface area contributed by atoms with E-state index < -0.39 is 0 Å². The van der Waals surface area contributed by atoms with Crippen LogP contribution in [0.5, 0.6) is 0 Å². The van der Waals surface area contributed by atoms with Gasteiger partial charge in [-0.25, -0.2) is 4.98 Å². The smallest absolute Gasteiger partial charge is 0.226 e.